The molecule has 0 rings (SSSR count). The fourth-order valence-electron chi connectivity index (χ4n) is 1.43. The van der Waals surface area contributed by atoms with Crippen molar-refractivity contribution in [1.29, 1.82) is 0 Å². The lowest BCUT2D eigenvalue weighted by Gasteiger charge is -2.23. The van der Waals surface area contributed by atoms with E-state index in [-0.39, 0.29) is 5.97 Å². The molecule has 0 fully saturated rings. The molecule has 0 aliphatic carbocycles. The lowest BCUT2D eigenvalue weighted by Crippen LogP contribution is -2.31. The fraction of sp³-hybridized carbons (Fsp3) is 0.769. The topological polar surface area (TPSA) is 29.5 Å². The lowest BCUT2D eigenvalue weighted by molar-refractivity contribution is -0.150. The van der Waals surface area contributed by atoms with Crippen molar-refractivity contribution in [2.75, 3.05) is 20.1 Å². The van der Waals surface area contributed by atoms with Crippen molar-refractivity contribution in [3.8, 4) is 0 Å². The minimum absolute atomic E-state index is 0.303. The van der Waals surface area contributed by atoms with E-state index in [4.69, 9.17) is 4.74 Å². The summed E-state index contributed by atoms with van der Waals surface area (Å²) in [6, 6.07) is 0. The molecule has 0 N–H and O–H groups in total. The smallest absolute Gasteiger partial charge is 0.335 e. The molecule has 0 amide bonds. The molecule has 0 spiro atoms. The SMILES string of the molecule is C=C(CN(C)CC(C)C)C(=O)OC(C)(C)C. The monoisotopic (exact) mass is 227 g/mol. The molecule has 0 aliphatic heterocycles. The molecule has 0 bridgehead atoms. The third kappa shape index (κ3) is 7.46. The first-order valence-corrected chi connectivity index (χ1v) is 5.71. The zero-order valence-electron chi connectivity index (χ0n) is 11.5. The van der Waals surface area contributed by atoms with E-state index in [1.807, 2.05) is 27.8 Å². The molecule has 0 radical (unpaired) electrons. The second-order valence-electron chi connectivity index (χ2n) is 5.70. The standard InChI is InChI=1S/C13H25NO2/c1-10(2)8-14(7)9-11(3)12(15)16-13(4,5)6/h10H,3,8-9H2,1-2,4-7H3. The fourth-order valence-corrected chi connectivity index (χ4v) is 1.43. The number of hydrogen-bond donors (Lipinski definition) is 0. The van der Waals surface area contributed by atoms with Gasteiger partial charge in [-0.05, 0) is 33.7 Å². The molecule has 0 aromatic carbocycles. The first-order valence-electron chi connectivity index (χ1n) is 5.71. The van der Waals surface area contributed by atoms with Crippen LogP contribution >= 0.6 is 0 Å². The van der Waals surface area contributed by atoms with E-state index in [0.717, 1.165) is 6.54 Å². The Morgan fingerprint density at radius 3 is 2.25 bits per heavy atom. The molecule has 0 aromatic rings. The van der Waals surface area contributed by atoms with Crippen molar-refractivity contribution in [3.63, 3.8) is 0 Å². The molecule has 94 valence electrons. The van der Waals surface area contributed by atoms with Gasteiger partial charge in [-0.1, -0.05) is 20.4 Å². The molecular weight excluding hydrogens is 202 g/mol. The molecule has 3 heteroatoms. The molecule has 16 heavy (non-hydrogen) atoms. The molecule has 0 aromatic heterocycles. The summed E-state index contributed by atoms with van der Waals surface area (Å²) in [5, 5.41) is 0. The summed E-state index contributed by atoms with van der Waals surface area (Å²) in [6.07, 6.45) is 0. The summed E-state index contributed by atoms with van der Waals surface area (Å²) >= 11 is 0. The van der Waals surface area contributed by atoms with Crippen molar-refractivity contribution < 1.29 is 9.53 Å². The van der Waals surface area contributed by atoms with Crippen LogP contribution in [-0.2, 0) is 9.53 Å². The predicted molar refractivity (Wildman–Crippen MR) is 67.3 cm³/mol. The van der Waals surface area contributed by atoms with Crippen molar-refractivity contribution in [2.45, 2.75) is 40.2 Å². The zero-order chi connectivity index (χ0) is 12.9. The number of likely N-dealkylation sites (N-methyl/N-ethyl adjacent to an activating group) is 1. The van der Waals surface area contributed by atoms with E-state index < -0.39 is 5.60 Å². The van der Waals surface area contributed by atoms with E-state index in [2.05, 4.69) is 25.3 Å². The van der Waals surface area contributed by atoms with Gasteiger partial charge < -0.3 is 9.64 Å². The van der Waals surface area contributed by atoms with Crippen LogP contribution in [0, 0.1) is 5.92 Å². The third-order valence-electron chi connectivity index (χ3n) is 1.83. The average molecular weight is 227 g/mol. The van der Waals surface area contributed by atoms with Crippen LogP contribution in [0.4, 0.5) is 0 Å². The molecule has 0 atom stereocenters. The van der Waals surface area contributed by atoms with Gasteiger partial charge in [0.25, 0.3) is 0 Å². The number of hydrogen-bond acceptors (Lipinski definition) is 3. The Kier molecular flexibility index (Phi) is 5.73. The Morgan fingerprint density at radius 1 is 1.38 bits per heavy atom. The third-order valence-corrected chi connectivity index (χ3v) is 1.83. The van der Waals surface area contributed by atoms with E-state index in [9.17, 15) is 4.79 Å². The summed E-state index contributed by atoms with van der Waals surface area (Å²) < 4.78 is 5.24. The van der Waals surface area contributed by atoms with Crippen LogP contribution in [-0.4, -0.2) is 36.6 Å². The Balaban J connectivity index is 4.11. The van der Waals surface area contributed by atoms with Gasteiger partial charge in [-0.15, -0.1) is 0 Å². The second-order valence-corrected chi connectivity index (χ2v) is 5.70. The maximum Gasteiger partial charge on any atom is 0.335 e. The van der Waals surface area contributed by atoms with Gasteiger partial charge in [0, 0.05) is 18.7 Å². The largest absolute Gasteiger partial charge is 0.457 e. The minimum atomic E-state index is -0.448. The van der Waals surface area contributed by atoms with Crippen LogP contribution in [0.15, 0.2) is 12.2 Å². The van der Waals surface area contributed by atoms with Crippen molar-refractivity contribution >= 4 is 5.97 Å². The Morgan fingerprint density at radius 2 is 1.88 bits per heavy atom. The second kappa shape index (κ2) is 6.04. The summed E-state index contributed by atoms with van der Waals surface area (Å²) in [5.74, 6) is 0.277. The highest BCUT2D eigenvalue weighted by Crippen LogP contribution is 2.10. The first-order chi connectivity index (χ1) is 7.11. The van der Waals surface area contributed by atoms with Crippen molar-refractivity contribution in [1.82, 2.24) is 4.90 Å². The molecular formula is C13H25NO2. The van der Waals surface area contributed by atoms with Crippen LogP contribution in [0.5, 0.6) is 0 Å². The lowest BCUT2D eigenvalue weighted by atomic mass is 10.1. The number of carbonyl (C=O) groups is 1. The maximum atomic E-state index is 11.6. The predicted octanol–water partition coefficient (Wildman–Crippen LogP) is 2.47. The number of rotatable bonds is 5. The molecule has 0 saturated heterocycles. The van der Waals surface area contributed by atoms with E-state index in [1.165, 1.54) is 0 Å². The Hall–Kier alpha value is -0.830. The average Bonchev–Trinajstić information content (AvgIpc) is 1.98. The van der Waals surface area contributed by atoms with Crippen LogP contribution in [0.3, 0.4) is 0 Å². The highest BCUT2D eigenvalue weighted by molar-refractivity contribution is 5.88. The van der Waals surface area contributed by atoms with Gasteiger partial charge in [0.2, 0.25) is 0 Å². The van der Waals surface area contributed by atoms with Gasteiger partial charge in [0.15, 0.2) is 0 Å². The van der Waals surface area contributed by atoms with E-state index >= 15 is 0 Å². The normalized spacial score (nSPS) is 12.0. The number of carbonyl (C=O) groups excluding carboxylic acids is 1. The van der Waals surface area contributed by atoms with Gasteiger partial charge >= 0.3 is 5.97 Å². The molecule has 0 unspecified atom stereocenters. The Labute approximate surface area is 99.5 Å². The van der Waals surface area contributed by atoms with Crippen LogP contribution < -0.4 is 0 Å². The maximum absolute atomic E-state index is 11.6. The van der Waals surface area contributed by atoms with Crippen molar-refractivity contribution in [2.24, 2.45) is 5.92 Å². The number of nitrogens with zero attached hydrogens (tertiary/aromatic N) is 1. The zero-order valence-corrected chi connectivity index (χ0v) is 11.5. The summed E-state index contributed by atoms with van der Waals surface area (Å²) in [6.45, 7) is 15.1. The molecule has 3 nitrogen and oxygen atoms in total. The number of ether oxygens (including phenoxy) is 1. The summed E-state index contributed by atoms with van der Waals surface area (Å²) in [5.41, 5.74) is 0.0643. The van der Waals surface area contributed by atoms with E-state index in [1.54, 1.807) is 0 Å². The van der Waals surface area contributed by atoms with Gasteiger partial charge in [-0.2, -0.15) is 0 Å². The summed E-state index contributed by atoms with van der Waals surface area (Å²) in [7, 11) is 1.98. The van der Waals surface area contributed by atoms with Gasteiger partial charge in [-0.3, -0.25) is 0 Å². The van der Waals surface area contributed by atoms with Gasteiger partial charge in [0.1, 0.15) is 5.60 Å². The number of esters is 1. The first kappa shape index (κ1) is 15.2. The van der Waals surface area contributed by atoms with Crippen molar-refractivity contribution in [3.05, 3.63) is 12.2 Å². The summed E-state index contributed by atoms with van der Waals surface area (Å²) in [4.78, 5) is 13.7. The van der Waals surface area contributed by atoms with E-state index in [0.29, 0.717) is 18.0 Å². The minimum Gasteiger partial charge on any atom is -0.457 e. The molecule has 0 aliphatic rings. The Bertz CT molecular complexity index is 251. The van der Waals surface area contributed by atoms with Gasteiger partial charge in [-0.25, -0.2) is 4.79 Å². The molecule has 0 saturated carbocycles. The van der Waals surface area contributed by atoms with Crippen LogP contribution in [0.2, 0.25) is 0 Å². The molecule has 0 heterocycles. The highest BCUT2D eigenvalue weighted by Gasteiger charge is 2.19. The highest BCUT2D eigenvalue weighted by atomic mass is 16.6. The van der Waals surface area contributed by atoms with Crippen LogP contribution in [0.1, 0.15) is 34.6 Å². The quantitative estimate of drug-likeness (QED) is 0.534. The van der Waals surface area contributed by atoms with Gasteiger partial charge in [0.05, 0.1) is 0 Å². The van der Waals surface area contributed by atoms with Crippen LogP contribution in [0.25, 0.3) is 0 Å².